The Hall–Kier alpha value is -2.90. The Labute approximate surface area is 150 Å². The molecule has 8 heteroatoms. The van der Waals surface area contributed by atoms with Gasteiger partial charge in [-0.3, -0.25) is 19.4 Å². The Morgan fingerprint density at radius 3 is 2.88 bits per heavy atom. The molecule has 0 radical (unpaired) electrons. The second-order valence-electron chi connectivity index (χ2n) is 6.80. The van der Waals surface area contributed by atoms with Gasteiger partial charge in [-0.05, 0) is 26.2 Å². The number of carbonyl (C=O) groups excluding carboxylic acids is 1. The summed E-state index contributed by atoms with van der Waals surface area (Å²) in [6.45, 7) is 4.51. The van der Waals surface area contributed by atoms with Gasteiger partial charge in [-0.1, -0.05) is 6.92 Å². The third-order valence-electron chi connectivity index (χ3n) is 5.00. The zero-order valence-corrected chi connectivity index (χ0v) is 15.2. The van der Waals surface area contributed by atoms with E-state index in [1.807, 2.05) is 31.9 Å². The van der Waals surface area contributed by atoms with Gasteiger partial charge < -0.3 is 4.90 Å². The number of amides is 1. The molecule has 1 atom stereocenters. The highest BCUT2D eigenvalue weighted by Crippen LogP contribution is 2.33. The van der Waals surface area contributed by atoms with E-state index in [1.54, 1.807) is 16.9 Å². The second-order valence-corrected chi connectivity index (χ2v) is 6.80. The molecule has 1 N–H and O–H groups in total. The fourth-order valence-electron chi connectivity index (χ4n) is 3.71. The van der Waals surface area contributed by atoms with Crippen molar-refractivity contribution in [2.75, 3.05) is 6.54 Å². The Morgan fingerprint density at radius 1 is 1.38 bits per heavy atom. The van der Waals surface area contributed by atoms with Crippen molar-refractivity contribution in [2.45, 2.75) is 39.2 Å². The quantitative estimate of drug-likeness (QED) is 0.774. The standard InChI is InChI=1S/C18H22N6O2/c1-4-12-8-17(25)24-16(19-12)9-14(21-24)15-6-5-7-23(15)18(26)13-10-22(3)20-11(13)2/h8-10,15,21H,4-7H2,1-3H3. The van der Waals surface area contributed by atoms with Crippen LogP contribution in [0.4, 0.5) is 0 Å². The molecule has 8 nitrogen and oxygen atoms in total. The van der Waals surface area contributed by atoms with E-state index in [-0.39, 0.29) is 17.5 Å². The highest BCUT2D eigenvalue weighted by molar-refractivity contribution is 5.95. The van der Waals surface area contributed by atoms with Crippen LogP contribution < -0.4 is 5.56 Å². The fraction of sp³-hybridized carbons (Fsp3) is 0.444. The minimum atomic E-state index is -0.128. The molecular weight excluding hydrogens is 332 g/mol. The first-order valence-electron chi connectivity index (χ1n) is 8.90. The minimum Gasteiger partial charge on any atom is -0.330 e. The number of nitrogens with one attached hydrogen (secondary N) is 1. The van der Waals surface area contributed by atoms with Crippen LogP contribution in [-0.2, 0) is 13.5 Å². The van der Waals surface area contributed by atoms with Crippen molar-refractivity contribution in [1.82, 2.24) is 29.3 Å². The molecule has 136 valence electrons. The summed E-state index contributed by atoms with van der Waals surface area (Å²) in [6, 6.07) is 3.34. The zero-order chi connectivity index (χ0) is 18.4. The Kier molecular flexibility index (Phi) is 3.90. The number of aryl methyl sites for hydroxylation is 3. The minimum absolute atomic E-state index is 0.0219. The predicted octanol–water partition coefficient (Wildman–Crippen LogP) is 1.60. The summed E-state index contributed by atoms with van der Waals surface area (Å²) < 4.78 is 3.11. The van der Waals surface area contributed by atoms with Crippen LogP contribution in [-0.4, -0.2) is 41.7 Å². The van der Waals surface area contributed by atoms with Gasteiger partial charge in [0.25, 0.3) is 11.5 Å². The van der Waals surface area contributed by atoms with Crippen molar-refractivity contribution in [3.63, 3.8) is 0 Å². The number of carbonyl (C=O) groups is 1. The lowest BCUT2D eigenvalue weighted by Crippen LogP contribution is -2.31. The summed E-state index contributed by atoms with van der Waals surface area (Å²) in [4.78, 5) is 31.7. The first-order chi connectivity index (χ1) is 12.5. The van der Waals surface area contributed by atoms with Crippen LogP contribution in [0.3, 0.4) is 0 Å². The SMILES string of the molecule is CCc1cc(=O)n2[nH]c(C3CCCN3C(=O)c3cn(C)nc3C)cc2n1. The van der Waals surface area contributed by atoms with E-state index in [9.17, 15) is 9.59 Å². The molecule has 0 aliphatic carbocycles. The van der Waals surface area contributed by atoms with Crippen LogP contribution in [0.15, 0.2) is 23.1 Å². The van der Waals surface area contributed by atoms with Crippen LogP contribution in [0.5, 0.6) is 0 Å². The first kappa shape index (κ1) is 16.6. The van der Waals surface area contributed by atoms with Gasteiger partial charge in [0, 0.05) is 37.6 Å². The summed E-state index contributed by atoms with van der Waals surface area (Å²) in [7, 11) is 1.81. The molecule has 0 spiro atoms. The lowest BCUT2D eigenvalue weighted by atomic mass is 10.1. The molecule has 4 rings (SSSR count). The number of hydrogen-bond donors (Lipinski definition) is 1. The Balaban J connectivity index is 1.71. The van der Waals surface area contributed by atoms with Gasteiger partial charge in [0.1, 0.15) is 0 Å². The second kappa shape index (κ2) is 6.12. The molecule has 0 aromatic carbocycles. The number of nitrogens with zero attached hydrogens (tertiary/aromatic N) is 5. The molecule has 0 bridgehead atoms. The van der Waals surface area contributed by atoms with E-state index in [0.29, 0.717) is 24.2 Å². The van der Waals surface area contributed by atoms with Gasteiger partial charge in [-0.15, -0.1) is 0 Å². The van der Waals surface area contributed by atoms with Gasteiger partial charge >= 0.3 is 0 Å². The van der Waals surface area contributed by atoms with E-state index in [4.69, 9.17) is 0 Å². The van der Waals surface area contributed by atoms with Gasteiger partial charge in [0.15, 0.2) is 5.65 Å². The van der Waals surface area contributed by atoms with Crippen LogP contribution >= 0.6 is 0 Å². The third-order valence-corrected chi connectivity index (χ3v) is 5.00. The number of aromatic nitrogens is 5. The lowest BCUT2D eigenvalue weighted by Gasteiger charge is -2.23. The maximum Gasteiger partial charge on any atom is 0.272 e. The smallest absolute Gasteiger partial charge is 0.272 e. The third kappa shape index (κ3) is 2.61. The molecule has 1 aliphatic heterocycles. The van der Waals surface area contributed by atoms with Crippen molar-refractivity contribution >= 4 is 11.6 Å². The normalized spacial score (nSPS) is 17.3. The summed E-state index contributed by atoms with van der Waals surface area (Å²) >= 11 is 0. The van der Waals surface area contributed by atoms with Crippen molar-refractivity contribution in [2.24, 2.45) is 7.05 Å². The molecular formula is C18H22N6O2. The number of likely N-dealkylation sites (tertiary alicyclic amines) is 1. The maximum atomic E-state index is 13.0. The Morgan fingerprint density at radius 2 is 2.19 bits per heavy atom. The molecule has 1 aliphatic rings. The van der Waals surface area contributed by atoms with Crippen molar-refractivity contribution in [3.8, 4) is 0 Å². The first-order valence-corrected chi connectivity index (χ1v) is 8.90. The van der Waals surface area contributed by atoms with E-state index in [0.717, 1.165) is 29.9 Å². The summed E-state index contributed by atoms with van der Waals surface area (Å²) in [5.41, 5.74) is 3.43. The number of rotatable bonds is 3. The van der Waals surface area contributed by atoms with Crippen molar-refractivity contribution in [1.29, 1.82) is 0 Å². The number of fused-ring (bicyclic) bond motifs is 1. The van der Waals surface area contributed by atoms with E-state index < -0.39 is 0 Å². The highest BCUT2D eigenvalue weighted by Gasteiger charge is 2.33. The van der Waals surface area contributed by atoms with Crippen molar-refractivity contribution < 1.29 is 4.79 Å². The molecule has 1 fully saturated rings. The number of aromatic amines is 1. The zero-order valence-electron chi connectivity index (χ0n) is 15.2. The molecule has 3 aromatic rings. The van der Waals surface area contributed by atoms with Gasteiger partial charge in [0.05, 0.1) is 23.0 Å². The summed E-state index contributed by atoms with van der Waals surface area (Å²) in [6.07, 6.45) is 4.25. The highest BCUT2D eigenvalue weighted by atomic mass is 16.2. The largest absolute Gasteiger partial charge is 0.330 e. The summed E-state index contributed by atoms with van der Waals surface area (Å²) in [5, 5.41) is 7.41. The van der Waals surface area contributed by atoms with Gasteiger partial charge in [0.2, 0.25) is 0 Å². The van der Waals surface area contributed by atoms with Gasteiger partial charge in [-0.25, -0.2) is 9.50 Å². The molecule has 4 heterocycles. The van der Waals surface area contributed by atoms with Crippen LogP contribution in [0, 0.1) is 6.92 Å². The number of hydrogen-bond acceptors (Lipinski definition) is 4. The molecule has 1 saturated heterocycles. The molecule has 3 aromatic heterocycles. The summed E-state index contributed by atoms with van der Waals surface area (Å²) in [5.74, 6) is -0.0219. The van der Waals surface area contributed by atoms with E-state index in [2.05, 4.69) is 15.2 Å². The van der Waals surface area contributed by atoms with Gasteiger partial charge in [-0.2, -0.15) is 5.10 Å². The van der Waals surface area contributed by atoms with E-state index >= 15 is 0 Å². The number of H-pyrrole nitrogens is 1. The lowest BCUT2D eigenvalue weighted by molar-refractivity contribution is 0.0732. The predicted molar refractivity (Wildman–Crippen MR) is 96.1 cm³/mol. The average Bonchev–Trinajstić information content (AvgIpc) is 3.31. The fourth-order valence-corrected chi connectivity index (χ4v) is 3.71. The topological polar surface area (TPSA) is 88.3 Å². The molecule has 1 unspecified atom stereocenters. The van der Waals surface area contributed by atoms with Crippen molar-refractivity contribution in [3.05, 3.63) is 51.3 Å². The monoisotopic (exact) mass is 354 g/mol. The van der Waals surface area contributed by atoms with Crippen LogP contribution in [0.2, 0.25) is 0 Å². The average molecular weight is 354 g/mol. The molecule has 26 heavy (non-hydrogen) atoms. The van der Waals surface area contributed by atoms with E-state index in [1.165, 1.54) is 4.52 Å². The Bertz CT molecular complexity index is 1040. The molecule has 1 amide bonds. The van der Waals surface area contributed by atoms with Crippen LogP contribution in [0.25, 0.3) is 5.65 Å². The maximum absolute atomic E-state index is 13.0. The molecule has 0 saturated carbocycles. The van der Waals surface area contributed by atoms with Crippen LogP contribution in [0.1, 0.15) is 53.2 Å².